The first-order valence-electron chi connectivity index (χ1n) is 5.77. The van der Waals surface area contributed by atoms with E-state index in [0.717, 1.165) is 11.4 Å². The predicted octanol–water partition coefficient (Wildman–Crippen LogP) is 2.03. The molecule has 0 aliphatic rings. The molecular formula is C12H20ClN3O. The van der Waals surface area contributed by atoms with Gasteiger partial charge in [-0.2, -0.15) is 5.10 Å². The smallest absolute Gasteiger partial charge is 0.255 e. The zero-order chi connectivity index (χ0) is 13.2. The van der Waals surface area contributed by atoms with Crippen LogP contribution in [0.1, 0.15) is 35.6 Å². The van der Waals surface area contributed by atoms with Gasteiger partial charge in [-0.25, -0.2) is 0 Å². The van der Waals surface area contributed by atoms with Gasteiger partial charge in [0.15, 0.2) is 0 Å². The SMILES string of the molecule is Cc1nn(C)c(C)c1C(=O)NCC(Cl)C(C)C. The summed E-state index contributed by atoms with van der Waals surface area (Å²) in [5.74, 6) is 0.243. The highest BCUT2D eigenvalue weighted by atomic mass is 35.5. The Morgan fingerprint density at radius 2 is 2.06 bits per heavy atom. The summed E-state index contributed by atoms with van der Waals surface area (Å²) < 4.78 is 1.71. The van der Waals surface area contributed by atoms with Gasteiger partial charge in [-0.3, -0.25) is 9.48 Å². The van der Waals surface area contributed by atoms with Crippen LogP contribution < -0.4 is 5.32 Å². The summed E-state index contributed by atoms with van der Waals surface area (Å²) in [6, 6.07) is 0. The fourth-order valence-electron chi connectivity index (χ4n) is 1.62. The summed E-state index contributed by atoms with van der Waals surface area (Å²) in [6.07, 6.45) is 0. The first-order chi connectivity index (χ1) is 7.84. The number of carbonyl (C=O) groups is 1. The van der Waals surface area contributed by atoms with Crippen LogP contribution >= 0.6 is 11.6 Å². The standard InChI is InChI=1S/C12H20ClN3O/c1-7(2)10(13)6-14-12(17)11-8(3)15-16(5)9(11)4/h7,10H,6H2,1-5H3,(H,14,17). The van der Waals surface area contributed by atoms with E-state index in [9.17, 15) is 4.79 Å². The molecule has 0 aliphatic carbocycles. The van der Waals surface area contributed by atoms with Crippen LogP contribution in [0.2, 0.25) is 0 Å². The Morgan fingerprint density at radius 1 is 1.47 bits per heavy atom. The summed E-state index contributed by atoms with van der Waals surface area (Å²) in [6.45, 7) is 8.26. The van der Waals surface area contributed by atoms with Crippen LogP contribution in [0.15, 0.2) is 0 Å². The molecule has 4 nitrogen and oxygen atoms in total. The number of nitrogens with one attached hydrogen (secondary N) is 1. The van der Waals surface area contributed by atoms with E-state index in [0.29, 0.717) is 18.0 Å². The lowest BCUT2D eigenvalue weighted by Crippen LogP contribution is -2.32. The first-order valence-corrected chi connectivity index (χ1v) is 6.20. The molecule has 17 heavy (non-hydrogen) atoms. The summed E-state index contributed by atoms with van der Waals surface area (Å²) >= 11 is 6.10. The zero-order valence-corrected chi connectivity index (χ0v) is 11.8. The molecule has 1 N–H and O–H groups in total. The van der Waals surface area contributed by atoms with Gasteiger partial charge in [0, 0.05) is 19.3 Å². The molecule has 0 spiro atoms. The van der Waals surface area contributed by atoms with E-state index in [1.165, 1.54) is 0 Å². The number of carbonyl (C=O) groups excluding carboxylic acids is 1. The number of nitrogens with zero attached hydrogens (tertiary/aromatic N) is 2. The van der Waals surface area contributed by atoms with E-state index < -0.39 is 0 Å². The van der Waals surface area contributed by atoms with Crippen molar-refractivity contribution in [1.29, 1.82) is 0 Å². The number of halogens is 1. The first kappa shape index (κ1) is 14.0. The third-order valence-electron chi connectivity index (χ3n) is 2.92. The second-order valence-electron chi connectivity index (χ2n) is 4.64. The van der Waals surface area contributed by atoms with Crippen LogP contribution in [0.25, 0.3) is 0 Å². The normalized spacial score (nSPS) is 12.9. The van der Waals surface area contributed by atoms with E-state index in [2.05, 4.69) is 10.4 Å². The van der Waals surface area contributed by atoms with Crippen LogP contribution in [-0.4, -0.2) is 27.6 Å². The van der Waals surface area contributed by atoms with Gasteiger partial charge >= 0.3 is 0 Å². The lowest BCUT2D eigenvalue weighted by Gasteiger charge is -2.14. The minimum Gasteiger partial charge on any atom is -0.350 e. The Balaban J connectivity index is 2.71. The van der Waals surface area contributed by atoms with Crippen molar-refractivity contribution < 1.29 is 4.79 Å². The van der Waals surface area contributed by atoms with Crippen molar-refractivity contribution in [2.24, 2.45) is 13.0 Å². The monoisotopic (exact) mass is 257 g/mol. The van der Waals surface area contributed by atoms with Crippen molar-refractivity contribution in [3.8, 4) is 0 Å². The zero-order valence-electron chi connectivity index (χ0n) is 11.0. The maximum Gasteiger partial charge on any atom is 0.255 e. The number of aryl methyl sites for hydroxylation is 2. The van der Waals surface area contributed by atoms with Gasteiger partial charge in [-0.1, -0.05) is 13.8 Å². The van der Waals surface area contributed by atoms with E-state index in [1.54, 1.807) is 4.68 Å². The molecule has 1 atom stereocenters. The van der Waals surface area contributed by atoms with Crippen molar-refractivity contribution in [3.05, 3.63) is 17.0 Å². The lowest BCUT2D eigenvalue weighted by atomic mass is 10.1. The van der Waals surface area contributed by atoms with Gasteiger partial charge in [0.2, 0.25) is 0 Å². The van der Waals surface area contributed by atoms with Gasteiger partial charge in [-0.05, 0) is 19.8 Å². The minimum absolute atomic E-state index is 0.0452. The molecule has 1 aromatic rings. The lowest BCUT2D eigenvalue weighted by molar-refractivity contribution is 0.0951. The largest absolute Gasteiger partial charge is 0.350 e. The fourth-order valence-corrected chi connectivity index (χ4v) is 1.69. The predicted molar refractivity (Wildman–Crippen MR) is 69.5 cm³/mol. The summed E-state index contributed by atoms with van der Waals surface area (Å²) in [5, 5.41) is 7.02. The molecule has 1 heterocycles. The number of amides is 1. The van der Waals surface area contributed by atoms with Crippen molar-refractivity contribution in [2.75, 3.05) is 6.54 Å². The number of aromatic nitrogens is 2. The maximum atomic E-state index is 12.0. The second kappa shape index (κ2) is 5.54. The molecule has 0 saturated carbocycles. The van der Waals surface area contributed by atoms with Crippen molar-refractivity contribution in [2.45, 2.75) is 33.1 Å². The number of alkyl halides is 1. The third kappa shape index (κ3) is 3.22. The molecule has 0 bridgehead atoms. The van der Waals surface area contributed by atoms with Crippen molar-refractivity contribution in [1.82, 2.24) is 15.1 Å². The Kier molecular flexibility index (Phi) is 4.57. The molecule has 1 unspecified atom stereocenters. The molecule has 0 aliphatic heterocycles. The minimum atomic E-state index is -0.0978. The summed E-state index contributed by atoms with van der Waals surface area (Å²) in [7, 11) is 1.83. The average Bonchev–Trinajstić information content (AvgIpc) is 2.49. The Labute approximate surface area is 107 Å². The van der Waals surface area contributed by atoms with E-state index in [1.807, 2.05) is 34.7 Å². The quantitative estimate of drug-likeness (QED) is 0.839. The maximum absolute atomic E-state index is 12.0. The molecule has 0 aromatic carbocycles. The van der Waals surface area contributed by atoms with Gasteiger partial charge in [-0.15, -0.1) is 11.6 Å². The summed E-state index contributed by atoms with van der Waals surface area (Å²) in [5.41, 5.74) is 2.27. The molecular weight excluding hydrogens is 238 g/mol. The van der Waals surface area contributed by atoms with Crippen molar-refractivity contribution in [3.63, 3.8) is 0 Å². The van der Waals surface area contributed by atoms with Gasteiger partial charge in [0.1, 0.15) is 0 Å². The van der Waals surface area contributed by atoms with E-state index in [4.69, 9.17) is 11.6 Å². The second-order valence-corrected chi connectivity index (χ2v) is 5.20. The number of rotatable bonds is 4. The molecule has 0 saturated heterocycles. The van der Waals surface area contributed by atoms with E-state index in [-0.39, 0.29) is 11.3 Å². The van der Waals surface area contributed by atoms with Crippen LogP contribution in [0.4, 0.5) is 0 Å². The Bertz CT molecular complexity index is 412. The van der Waals surface area contributed by atoms with Crippen LogP contribution in [0.5, 0.6) is 0 Å². The van der Waals surface area contributed by atoms with Crippen molar-refractivity contribution >= 4 is 17.5 Å². The highest BCUT2D eigenvalue weighted by molar-refractivity contribution is 6.21. The molecule has 96 valence electrons. The van der Waals surface area contributed by atoms with Gasteiger partial charge in [0.05, 0.1) is 16.6 Å². The highest BCUT2D eigenvalue weighted by Crippen LogP contribution is 2.12. The highest BCUT2D eigenvalue weighted by Gasteiger charge is 2.18. The Morgan fingerprint density at radius 3 is 2.47 bits per heavy atom. The molecule has 1 rings (SSSR count). The van der Waals surface area contributed by atoms with Crippen LogP contribution in [0, 0.1) is 19.8 Å². The van der Waals surface area contributed by atoms with E-state index >= 15 is 0 Å². The molecule has 0 radical (unpaired) electrons. The number of hydrogen-bond acceptors (Lipinski definition) is 2. The van der Waals surface area contributed by atoms with Crippen LogP contribution in [0.3, 0.4) is 0 Å². The molecule has 5 heteroatoms. The fraction of sp³-hybridized carbons (Fsp3) is 0.667. The average molecular weight is 258 g/mol. The third-order valence-corrected chi connectivity index (χ3v) is 3.58. The van der Waals surface area contributed by atoms with Gasteiger partial charge < -0.3 is 5.32 Å². The van der Waals surface area contributed by atoms with Crippen LogP contribution in [-0.2, 0) is 7.05 Å². The summed E-state index contributed by atoms with van der Waals surface area (Å²) in [4.78, 5) is 12.0. The number of hydrogen-bond donors (Lipinski definition) is 1. The molecule has 1 amide bonds. The van der Waals surface area contributed by atoms with Gasteiger partial charge in [0.25, 0.3) is 5.91 Å². The Hall–Kier alpha value is -1.03. The molecule has 0 fully saturated rings. The molecule has 1 aromatic heterocycles. The topological polar surface area (TPSA) is 46.9 Å².